The van der Waals surface area contributed by atoms with Gasteiger partial charge in [0.1, 0.15) is 0 Å². The summed E-state index contributed by atoms with van der Waals surface area (Å²) in [5.41, 5.74) is 0. The molecule has 0 spiro atoms. The molecule has 1 aliphatic carbocycles. The lowest BCUT2D eigenvalue weighted by atomic mass is 9.92. The van der Waals surface area contributed by atoms with Crippen molar-refractivity contribution in [2.75, 3.05) is 0 Å². The minimum Gasteiger partial charge on any atom is -0.311 e. The Kier molecular flexibility index (Phi) is 3.24. The van der Waals surface area contributed by atoms with Gasteiger partial charge in [0.15, 0.2) is 0 Å². The Balaban J connectivity index is 2.04. The maximum Gasteiger partial charge on any atom is 0.240 e. The molecule has 1 nitrogen and oxygen atoms in total. The smallest absolute Gasteiger partial charge is 0.240 e. The van der Waals surface area contributed by atoms with Crippen LogP contribution in [0, 0.1) is 0 Å². The van der Waals surface area contributed by atoms with Gasteiger partial charge >= 0.3 is 0 Å². The zero-order valence-electron chi connectivity index (χ0n) is 6.82. The number of hydrogen-bond donors (Lipinski definition) is 1. The first-order valence-corrected chi connectivity index (χ1v) is 4.22. The number of hydrogen-bond acceptors (Lipinski definition) is 1. The molecule has 0 heterocycles. The Morgan fingerprint density at radius 1 is 1.45 bits per heavy atom. The summed E-state index contributed by atoms with van der Waals surface area (Å²) in [6.07, 6.45) is 1.38. The van der Waals surface area contributed by atoms with Crippen LogP contribution in [0.15, 0.2) is 0 Å². The average molecular weight is 163 g/mol. The zero-order valence-corrected chi connectivity index (χ0v) is 6.82. The highest BCUT2D eigenvalue weighted by Gasteiger charge is 2.20. The van der Waals surface area contributed by atoms with Crippen molar-refractivity contribution in [1.82, 2.24) is 5.32 Å². The fourth-order valence-corrected chi connectivity index (χ4v) is 1.31. The molecule has 0 aliphatic heterocycles. The molecule has 0 aromatic rings. The van der Waals surface area contributed by atoms with E-state index < -0.39 is 6.43 Å². The maximum atomic E-state index is 11.8. The van der Waals surface area contributed by atoms with Crippen LogP contribution >= 0.6 is 0 Å². The summed E-state index contributed by atoms with van der Waals surface area (Å²) in [6.45, 7) is 1.82. The highest BCUT2D eigenvalue weighted by Crippen LogP contribution is 2.19. The highest BCUT2D eigenvalue weighted by molar-refractivity contribution is 4.79. The largest absolute Gasteiger partial charge is 0.311 e. The normalized spacial score (nSPS) is 21.8. The molecule has 3 heteroatoms. The van der Waals surface area contributed by atoms with E-state index >= 15 is 0 Å². The second-order valence-electron chi connectivity index (χ2n) is 3.32. The number of nitrogens with one attached hydrogen (secondary N) is 1. The average Bonchev–Trinajstić information content (AvgIpc) is 1.77. The van der Waals surface area contributed by atoms with Crippen LogP contribution in [0.25, 0.3) is 0 Å². The predicted molar refractivity (Wildman–Crippen MR) is 40.9 cm³/mol. The van der Waals surface area contributed by atoms with Crippen LogP contribution in [0.5, 0.6) is 0 Å². The summed E-state index contributed by atoms with van der Waals surface area (Å²) in [7, 11) is 0. The van der Waals surface area contributed by atoms with E-state index in [-0.39, 0.29) is 12.5 Å². The topological polar surface area (TPSA) is 12.0 Å². The van der Waals surface area contributed by atoms with Crippen LogP contribution in [0.3, 0.4) is 0 Å². The lowest BCUT2D eigenvalue weighted by molar-refractivity contribution is 0.119. The summed E-state index contributed by atoms with van der Waals surface area (Å²) < 4.78 is 23.6. The van der Waals surface area contributed by atoms with Crippen LogP contribution < -0.4 is 5.32 Å². The Hall–Kier alpha value is -0.180. The predicted octanol–water partition coefficient (Wildman–Crippen LogP) is 2.17. The maximum absolute atomic E-state index is 11.8. The van der Waals surface area contributed by atoms with E-state index in [1.165, 1.54) is 6.42 Å². The van der Waals surface area contributed by atoms with Crippen molar-refractivity contribution in [3.63, 3.8) is 0 Å². The summed E-state index contributed by atoms with van der Waals surface area (Å²) >= 11 is 0. The zero-order chi connectivity index (χ0) is 8.27. The Morgan fingerprint density at radius 2 is 2.09 bits per heavy atom. The lowest BCUT2D eigenvalue weighted by Gasteiger charge is -2.29. The van der Waals surface area contributed by atoms with Gasteiger partial charge in [-0.25, -0.2) is 8.78 Å². The van der Waals surface area contributed by atoms with Crippen LogP contribution in [-0.2, 0) is 0 Å². The second kappa shape index (κ2) is 4.00. The van der Waals surface area contributed by atoms with Crippen molar-refractivity contribution in [2.24, 2.45) is 0 Å². The molecular weight excluding hydrogens is 148 g/mol. The standard InChI is InChI=1S/C8H15F2N/c1-6(5-8(9)10)11-7-3-2-4-7/h6-8,11H,2-5H2,1H3. The summed E-state index contributed by atoms with van der Waals surface area (Å²) in [5.74, 6) is 0. The van der Waals surface area contributed by atoms with Gasteiger partial charge in [-0.3, -0.25) is 0 Å². The third-order valence-corrected chi connectivity index (χ3v) is 2.16. The molecule has 0 aromatic heterocycles. The molecule has 1 atom stereocenters. The van der Waals surface area contributed by atoms with E-state index in [4.69, 9.17) is 0 Å². The fourth-order valence-electron chi connectivity index (χ4n) is 1.31. The van der Waals surface area contributed by atoms with Gasteiger partial charge in [-0.05, 0) is 19.8 Å². The fraction of sp³-hybridized carbons (Fsp3) is 1.00. The van der Waals surface area contributed by atoms with Crippen molar-refractivity contribution < 1.29 is 8.78 Å². The molecule has 1 saturated carbocycles. The van der Waals surface area contributed by atoms with Gasteiger partial charge in [0.05, 0.1) is 0 Å². The van der Waals surface area contributed by atoms with Gasteiger partial charge in [-0.2, -0.15) is 0 Å². The van der Waals surface area contributed by atoms with Crippen molar-refractivity contribution in [3.8, 4) is 0 Å². The van der Waals surface area contributed by atoms with Crippen LogP contribution in [0.1, 0.15) is 32.6 Å². The molecule has 1 unspecified atom stereocenters. The van der Waals surface area contributed by atoms with E-state index in [0.717, 1.165) is 12.8 Å². The van der Waals surface area contributed by atoms with Gasteiger partial charge < -0.3 is 5.32 Å². The van der Waals surface area contributed by atoms with Crippen molar-refractivity contribution >= 4 is 0 Å². The van der Waals surface area contributed by atoms with Crippen molar-refractivity contribution in [2.45, 2.75) is 51.1 Å². The van der Waals surface area contributed by atoms with Gasteiger partial charge in [-0.15, -0.1) is 0 Å². The molecule has 0 radical (unpaired) electrons. The molecule has 11 heavy (non-hydrogen) atoms. The number of halogens is 2. The van der Waals surface area contributed by atoms with E-state index in [1.54, 1.807) is 0 Å². The van der Waals surface area contributed by atoms with Crippen LogP contribution in [-0.4, -0.2) is 18.5 Å². The molecule has 0 bridgehead atoms. The molecule has 1 fully saturated rings. The summed E-state index contributed by atoms with van der Waals surface area (Å²) in [4.78, 5) is 0. The Morgan fingerprint density at radius 3 is 2.45 bits per heavy atom. The summed E-state index contributed by atoms with van der Waals surface area (Å²) in [6, 6.07) is 0.490. The molecule has 1 aliphatic rings. The molecular formula is C8H15F2N. The molecule has 0 aromatic carbocycles. The molecule has 1 N–H and O–H groups in total. The van der Waals surface area contributed by atoms with Gasteiger partial charge in [0.2, 0.25) is 6.43 Å². The monoisotopic (exact) mass is 163 g/mol. The lowest BCUT2D eigenvalue weighted by Crippen LogP contribution is -2.41. The molecule has 0 amide bonds. The van der Waals surface area contributed by atoms with Crippen LogP contribution in [0.4, 0.5) is 8.78 Å². The molecule has 0 saturated heterocycles. The molecule has 1 rings (SSSR count). The third kappa shape index (κ3) is 3.14. The van der Waals surface area contributed by atoms with Crippen LogP contribution in [0.2, 0.25) is 0 Å². The first-order valence-electron chi connectivity index (χ1n) is 4.22. The quantitative estimate of drug-likeness (QED) is 0.669. The SMILES string of the molecule is CC(CC(F)F)NC1CCC1. The minimum atomic E-state index is -2.17. The summed E-state index contributed by atoms with van der Waals surface area (Å²) in [5, 5.41) is 3.17. The Bertz CT molecular complexity index is 113. The number of alkyl halides is 2. The van der Waals surface area contributed by atoms with Gasteiger partial charge in [-0.1, -0.05) is 6.42 Å². The van der Waals surface area contributed by atoms with Gasteiger partial charge in [0.25, 0.3) is 0 Å². The first kappa shape index (κ1) is 8.91. The Labute approximate surface area is 66.2 Å². The van der Waals surface area contributed by atoms with Crippen molar-refractivity contribution in [1.29, 1.82) is 0 Å². The van der Waals surface area contributed by atoms with Gasteiger partial charge in [0, 0.05) is 18.5 Å². The third-order valence-electron chi connectivity index (χ3n) is 2.16. The second-order valence-corrected chi connectivity index (χ2v) is 3.32. The van der Waals surface area contributed by atoms with E-state index in [9.17, 15) is 8.78 Å². The van der Waals surface area contributed by atoms with E-state index in [2.05, 4.69) is 5.32 Å². The van der Waals surface area contributed by atoms with E-state index in [0.29, 0.717) is 6.04 Å². The highest BCUT2D eigenvalue weighted by atomic mass is 19.3. The van der Waals surface area contributed by atoms with Crippen molar-refractivity contribution in [3.05, 3.63) is 0 Å². The number of rotatable bonds is 4. The molecule has 66 valence electrons. The first-order chi connectivity index (χ1) is 5.18. The van der Waals surface area contributed by atoms with E-state index in [1.807, 2.05) is 6.92 Å². The minimum absolute atomic E-state index is 0.0174.